The Morgan fingerprint density at radius 3 is 2.67 bits per heavy atom. The molecule has 1 fully saturated rings. The summed E-state index contributed by atoms with van der Waals surface area (Å²) in [4.78, 5) is 31.4. The molecule has 0 spiro atoms. The summed E-state index contributed by atoms with van der Waals surface area (Å²) in [6.07, 6.45) is 0. The molecule has 0 radical (unpaired) electrons. The highest BCUT2D eigenvalue weighted by molar-refractivity contribution is 5.78. The van der Waals surface area contributed by atoms with E-state index in [1.807, 2.05) is 28.8 Å². The summed E-state index contributed by atoms with van der Waals surface area (Å²) in [5, 5.41) is 2.86. The van der Waals surface area contributed by atoms with E-state index in [4.69, 9.17) is 4.98 Å². The fourth-order valence-corrected chi connectivity index (χ4v) is 3.97. The lowest BCUT2D eigenvalue weighted by Gasteiger charge is -2.26. The number of piperazine rings is 1. The Labute approximate surface area is 176 Å². The third kappa shape index (κ3) is 4.16. The number of hydrogen-bond acceptors (Lipinski definition) is 4. The normalized spacial score (nSPS) is 15.5. The molecule has 1 N–H and O–H groups in total. The highest BCUT2D eigenvalue weighted by Gasteiger charge is 2.19. The van der Waals surface area contributed by atoms with Crippen LogP contribution in [0.2, 0.25) is 0 Å². The van der Waals surface area contributed by atoms with Crippen molar-refractivity contribution in [2.75, 3.05) is 19.6 Å². The number of fused-ring (bicyclic) bond motifs is 1. The second-order valence-corrected chi connectivity index (χ2v) is 9.29. The van der Waals surface area contributed by atoms with Crippen molar-refractivity contribution >= 4 is 17.1 Å². The van der Waals surface area contributed by atoms with Crippen LogP contribution in [0.3, 0.4) is 0 Å². The summed E-state index contributed by atoms with van der Waals surface area (Å²) >= 11 is 0. The van der Waals surface area contributed by atoms with Crippen molar-refractivity contribution in [3.8, 4) is 11.3 Å². The number of benzene rings is 1. The van der Waals surface area contributed by atoms with Crippen molar-refractivity contribution in [2.24, 2.45) is 12.5 Å². The zero-order chi connectivity index (χ0) is 21.5. The van der Waals surface area contributed by atoms with Crippen LogP contribution in [-0.4, -0.2) is 44.6 Å². The molecule has 0 unspecified atom stereocenters. The van der Waals surface area contributed by atoms with Gasteiger partial charge in [-0.1, -0.05) is 39.0 Å². The van der Waals surface area contributed by atoms with Crippen molar-refractivity contribution in [1.29, 1.82) is 0 Å². The van der Waals surface area contributed by atoms with E-state index in [9.17, 15) is 9.59 Å². The van der Waals surface area contributed by atoms with Crippen LogP contribution in [0.25, 0.3) is 22.4 Å². The van der Waals surface area contributed by atoms with E-state index in [2.05, 4.69) is 43.1 Å². The number of rotatable bonds is 4. The van der Waals surface area contributed by atoms with Crippen LogP contribution >= 0.6 is 0 Å². The van der Waals surface area contributed by atoms with Gasteiger partial charge in [-0.2, -0.15) is 0 Å². The molecule has 2 aromatic heterocycles. The smallest absolute Gasteiger partial charge is 0.330 e. The summed E-state index contributed by atoms with van der Waals surface area (Å²) in [7, 11) is 1.78. The molecule has 1 aliphatic heterocycles. The summed E-state index contributed by atoms with van der Waals surface area (Å²) in [6.45, 7) is 9.71. The van der Waals surface area contributed by atoms with Gasteiger partial charge in [-0.3, -0.25) is 18.8 Å². The number of amides is 1. The van der Waals surface area contributed by atoms with Gasteiger partial charge in [0.2, 0.25) is 5.91 Å². The highest BCUT2D eigenvalue weighted by Crippen LogP contribution is 2.24. The maximum absolute atomic E-state index is 12.8. The van der Waals surface area contributed by atoms with Crippen molar-refractivity contribution in [2.45, 2.75) is 33.9 Å². The quantitative estimate of drug-likeness (QED) is 0.721. The molecule has 1 aromatic carbocycles. The lowest BCUT2D eigenvalue weighted by atomic mass is 9.97. The first-order valence-electron chi connectivity index (χ1n) is 10.4. The molecule has 1 saturated heterocycles. The number of nitrogens with one attached hydrogen (secondary N) is 1. The molecule has 3 aromatic rings. The van der Waals surface area contributed by atoms with Gasteiger partial charge in [-0.25, -0.2) is 9.78 Å². The van der Waals surface area contributed by atoms with Gasteiger partial charge in [0.15, 0.2) is 5.65 Å². The predicted molar refractivity (Wildman–Crippen MR) is 118 cm³/mol. The number of carbonyl (C=O) groups excluding carboxylic acids is 1. The number of hydrogen-bond donors (Lipinski definition) is 1. The minimum absolute atomic E-state index is 0.00350. The van der Waals surface area contributed by atoms with E-state index in [0.717, 1.165) is 35.4 Å². The Morgan fingerprint density at radius 2 is 1.93 bits per heavy atom. The molecule has 3 heterocycles. The lowest BCUT2D eigenvalue weighted by Crippen LogP contribution is -2.47. The number of aromatic nitrogens is 3. The van der Waals surface area contributed by atoms with E-state index in [1.54, 1.807) is 11.6 Å². The molecule has 158 valence electrons. The topological polar surface area (TPSA) is 72.2 Å². The Morgan fingerprint density at radius 1 is 1.13 bits per heavy atom. The van der Waals surface area contributed by atoms with Crippen LogP contribution in [0.5, 0.6) is 0 Å². The minimum atomic E-state index is -0.0401. The second-order valence-electron chi connectivity index (χ2n) is 9.29. The number of carbonyl (C=O) groups is 1. The van der Waals surface area contributed by atoms with Crippen molar-refractivity contribution in [3.05, 3.63) is 52.4 Å². The molecule has 7 nitrogen and oxygen atoms in total. The monoisotopic (exact) mass is 407 g/mol. The number of aryl methyl sites for hydroxylation is 1. The van der Waals surface area contributed by atoms with Gasteiger partial charge in [0.05, 0.1) is 17.8 Å². The third-order valence-electron chi connectivity index (χ3n) is 5.36. The predicted octanol–water partition coefficient (Wildman–Crippen LogP) is 2.38. The first kappa shape index (κ1) is 20.3. The molecule has 0 aliphatic carbocycles. The zero-order valence-electron chi connectivity index (χ0n) is 18.1. The molecule has 1 amide bonds. The largest absolute Gasteiger partial charge is 0.354 e. The average molecular weight is 408 g/mol. The highest BCUT2D eigenvalue weighted by atomic mass is 16.2. The molecular formula is C23H29N5O2. The molecule has 4 rings (SSSR count). The number of imidazole rings is 1. The number of pyridine rings is 1. The van der Waals surface area contributed by atoms with Gasteiger partial charge >= 0.3 is 5.69 Å². The Bertz CT molecular complexity index is 1150. The zero-order valence-corrected chi connectivity index (χ0v) is 18.1. The summed E-state index contributed by atoms with van der Waals surface area (Å²) in [5.41, 5.74) is 4.49. The average Bonchev–Trinajstić information content (AvgIpc) is 2.91. The lowest BCUT2D eigenvalue weighted by molar-refractivity contribution is -0.124. The summed E-state index contributed by atoms with van der Waals surface area (Å²) in [6, 6.07) is 12.2. The Kier molecular flexibility index (Phi) is 5.24. The van der Waals surface area contributed by atoms with Crippen molar-refractivity contribution in [3.63, 3.8) is 0 Å². The molecule has 0 atom stereocenters. The van der Waals surface area contributed by atoms with Crippen molar-refractivity contribution < 1.29 is 4.79 Å². The third-order valence-corrected chi connectivity index (χ3v) is 5.36. The Hall–Kier alpha value is -2.93. The van der Waals surface area contributed by atoms with Gasteiger partial charge < -0.3 is 5.32 Å². The van der Waals surface area contributed by atoms with E-state index in [1.165, 1.54) is 0 Å². The summed E-state index contributed by atoms with van der Waals surface area (Å²) in [5.74, 6) is 0.0743. The molecule has 0 bridgehead atoms. The molecule has 0 saturated carbocycles. The van der Waals surface area contributed by atoms with Crippen LogP contribution in [0.15, 0.2) is 41.2 Å². The fraction of sp³-hybridized carbons (Fsp3) is 0.435. The molecular weight excluding hydrogens is 378 g/mol. The molecule has 7 heteroatoms. The van der Waals surface area contributed by atoms with Crippen LogP contribution in [0, 0.1) is 5.41 Å². The van der Waals surface area contributed by atoms with Crippen LogP contribution in [-0.2, 0) is 24.9 Å². The molecule has 1 aliphatic rings. The van der Waals surface area contributed by atoms with E-state index < -0.39 is 0 Å². The maximum atomic E-state index is 12.8. The first-order chi connectivity index (χ1) is 14.2. The van der Waals surface area contributed by atoms with Crippen LogP contribution in [0.1, 0.15) is 26.3 Å². The van der Waals surface area contributed by atoms with Gasteiger partial charge in [0, 0.05) is 38.8 Å². The van der Waals surface area contributed by atoms with Gasteiger partial charge in [-0.15, -0.1) is 0 Å². The maximum Gasteiger partial charge on any atom is 0.330 e. The molecule has 30 heavy (non-hydrogen) atoms. The first-order valence-corrected chi connectivity index (χ1v) is 10.4. The SMILES string of the molecule is Cn1c(=O)n(CC(C)(C)C)c2ccc(-c3cccc(CN4CCNC(=O)C4)c3)nc21. The Balaban J connectivity index is 1.66. The van der Waals surface area contributed by atoms with E-state index in [-0.39, 0.29) is 17.0 Å². The van der Waals surface area contributed by atoms with Gasteiger partial charge in [0.25, 0.3) is 0 Å². The van der Waals surface area contributed by atoms with Crippen LogP contribution in [0.4, 0.5) is 0 Å². The fourth-order valence-electron chi connectivity index (χ4n) is 3.97. The number of nitrogens with zero attached hydrogens (tertiary/aromatic N) is 4. The standard InChI is InChI=1S/C23H29N5O2/c1-23(2,3)15-28-19-9-8-18(25-21(19)26(4)22(28)30)17-7-5-6-16(12-17)13-27-11-10-24-20(29)14-27/h5-9,12H,10-11,13-15H2,1-4H3,(H,24,29). The van der Waals surface area contributed by atoms with E-state index in [0.29, 0.717) is 25.3 Å². The minimum Gasteiger partial charge on any atom is -0.354 e. The van der Waals surface area contributed by atoms with E-state index >= 15 is 0 Å². The van der Waals surface area contributed by atoms with Crippen molar-refractivity contribution in [1.82, 2.24) is 24.3 Å². The van der Waals surface area contributed by atoms with Crippen LogP contribution < -0.4 is 11.0 Å². The second kappa shape index (κ2) is 7.72. The summed E-state index contributed by atoms with van der Waals surface area (Å²) < 4.78 is 3.44. The van der Waals surface area contributed by atoms with Gasteiger partial charge in [0.1, 0.15) is 0 Å². The van der Waals surface area contributed by atoms with Gasteiger partial charge in [-0.05, 0) is 29.2 Å².